The molecule has 270 valence electrons. The average Bonchev–Trinajstić information content (AvgIpc) is 3.64. The Bertz CT molecular complexity index is 1920. The van der Waals surface area contributed by atoms with E-state index in [0.29, 0.717) is 60.1 Å². The van der Waals surface area contributed by atoms with Crippen molar-refractivity contribution in [3.63, 3.8) is 0 Å². The number of phenolic OH excluding ortho intramolecular Hbond substituents is 1. The molecule has 6 rings (SSSR count). The number of nitrogens with two attached hydrogens (primary N) is 1. The highest BCUT2D eigenvalue weighted by molar-refractivity contribution is 7.99. The van der Waals surface area contributed by atoms with Crippen LogP contribution >= 0.6 is 11.8 Å². The Labute approximate surface area is 305 Å². The number of nitrogens with zero attached hydrogens (tertiary/aromatic N) is 4. The Balaban J connectivity index is 1.02. The maximum atomic E-state index is 12.7. The van der Waals surface area contributed by atoms with Gasteiger partial charge in [-0.1, -0.05) is 66.7 Å². The van der Waals surface area contributed by atoms with Crippen LogP contribution in [0.4, 0.5) is 17.1 Å². The van der Waals surface area contributed by atoms with Crippen LogP contribution in [0.3, 0.4) is 0 Å². The third-order valence-corrected chi connectivity index (χ3v) is 9.61. The van der Waals surface area contributed by atoms with Crippen molar-refractivity contribution in [2.24, 2.45) is 0 Å². The van der Waals surface area contributed by atoms with E-state index in [2.05, 4.69) is 26.2 Å². The Morgan fingerprint density at radius 1 is 0.846 bits per heavy atom. The van der Waals surface area contributed by atoms with Gasteiger partial charge in [0.05, 0.1) is 35.9 Å². The third kappa shape index (κ3) is 9.94. The summed E-state index contributed by atoms with van der Waals surface area (Å²) < 4.78 is 14.5. The minimum absolute atomic E-state index is 0.0420. The van der Waals surface area contributed by atoms with Gasteiger partial charge in [0.15, 0.2) is 6.29 Å². The van der Waals surface area contributed by atoms with E-state index in [9.17, 15) is 19.8 Å². The fourth-order valence-electron chi connectivity index (χ4n) is 5.73. The summed E-state index contributed by atoms with van der Waals surface area (Å²) in [6.45, 7) is -0.0420. The SMILES string of the molecule is Nc1ccccc1NC(=O)CCCCCC(=O)Nc1ccc([C@H]2O[C@@H](CSc3nnnn3-c3ccc(O)cc3)C[C@@H](c3ccc(CO)cc3)O2)cc1. The molecule has 14 heteroatoms. The number of amides is 2. The number of hydrogen-bond acceptors (Lipinski definition) is 11. The molecule has 6 N–H and O–H groups in total. The Hall–Kier alpha value is -5.28. The highest BCUT2D eigenvalue weighted by atomic mass is 32.2. The average molecular weight is 724 g/mol. The molecule has 52 heavy (non-hydrogen) atoms. The van der Waals surface area contributed by atoms with Gasteiger partial charge >= 0.3 is 0 Å². The predicted octanol–water partition coefficient (Wildman–Crippen LogP) is 6.31. The van der Waals surface area contributed by atoms with Crippen LogP contribution in [0.15, 0.2) is 102 Å². The van der Waals surface area contributed by atoms with Gasteiger partial charge in [-0.3, -0.25) is 9.59 Å². The van der Waals surface area contributed by atoms with Crippen molar-refractivity contribution in [3.05, 3.63) is 114 Å². The molecule has 0 bridgehead atoms. The van der Waals surface area contributed by atoms with Gasteiger partial charge in [0, 0.05) is 36.3 Å². The number of carbonyl (C=O) groups is 2. The van der Waals surface area contributed by atoms with E-state index in [1.807, 2.05) is 60.7 Å². The number of aromatic nitrogens is 4. The molecule has 5 aromatic rings. The maximum absolute atomic E-state index is 12.7. The minimum Gasteiger partial charge on any atom is -0.508 e. The number of hydrogen-bond donors (Lipinski definition) is 5. The molecule has 1 aliphatic rings. The van der Waals surface area contributed by atoms with E-state index in [4.69, 9.17) is 15.2 Å². The lowest BCUT2D eigenvalue weighted by molar-refractivity contribution is -0.245. The summed E-state index contributed by atoms with van der Waals surface area (Å²) in [4.78, 5) is 24.9. The number of phenols is 1. The summed E-state index contributed by atoms with van der Waals surface area (Å²) in [5.74, 6) is 0.501. The Morgan fingerprint density at radius 2 is 1.54 bits per heavy atom. The topological polar surface area (TPSA) is 187 Å². The number of ether oxygens (including phenoxy) is 2. The van der Waals surface area contributed by atoms with Crippen molar-refractivity contribution >= 4 is 40.6 Å². The number of aromatic hydroxyl groups is 1. The lowest BCUT2D eigenvalue weighted by Gasteiger charge is -2.36. The van der Waals surface area contributed by atoms with Gasteiger partial charge in [0.25, 0.3) is 0 Å². The molecule has 4 aromatic carbocycles. The third-order valence-electron chi connectivity index (χ3n) is 8.56. The van der Waals surface area contributed by atoms with Gasteiger partial charge in [0.1, 0.15) is 5.75 Å². The summed E-state index contributed by atoms with van der Waals surface area (Å²) in [5.41, 5.74) is 11.0. The van der Waals surface area contributed by atoms with Crippen LogP contribution in [0.1, 0.15) is 67.6 Å². The van der Waals surface area contributed by atoms with Crippen LogP contribution in [0.5, 0.6) is 5.75 Å². The second-order valence-corrected chi connectivity index (χ2v) is 13.4. The maximum Gasteiger partial charge on any atom is 0.224 e. The summed E-state index contributed by atoms with van der Waals surface area (Å²) in [6.07, 6.45) is 2.20. The van der Waals surface area contributed by atoms with E-state index in [1.54, 1.807) is 41.1 Å². The number of thioether (sulfide) groups is 1. The molecule has 3 atom stereocenters. The number of aliphatic hydroxyl groups is 1. The van der Waals surface area contributed by atoms with Crippen molar-refractivity contribution in [2.45, 2.75) is 68.8 Å². The molecular weight excluding hydrogens is 683 g/mol. The van der Waals surface area contributed by atoms with E-state index in [0.717, 1.165) is 28.8 Å². The van der Waals surface area contributed by atoms with Crippen LogP contribution in [0.2, 0.25) is 0 Å². The second-order valence-electron chi connectivity index (χ2n) is 12.4. The van der Waals surface area contributed by atoms with Crippen molar-refractivity contribution in [3.8, 4) is 11.4 Å². The summed E-state index contributed by atoms with van der Waals surface area (Å²) in [6, 6.07) is 28.9. The first-order valence-corrected chi connectivity index (χ1v) is 18.1. The fraction of sp³-hybridized carbons (Fsp3) is 0.289. The molecule has 2 heterocycles. The first-order valence-electron chi connectivity index (χ1n) is 17.1. The number of unbranched alkanes of at least 4 members (excludes halogenated alkanes) is 2. The number of anilines is 3. The molecule has 1 saturated heterocycles. The summed E-state index contributed by atoms with van der Waals surface area (Å²) >= 11 is 1.46. The molecule has 0 saturated carbocycles. The first-order chi connectivity index (χ1) is 25.3. The standard InChI is InChI=1S/C38H41N7O6S/c39-32-6-4-5-7-33(32)41-36(49)9-3-1-2-8-35(48)40-28-16-14-27(15-17-28)37-50-31(22-34(51-37)26-12-10-25(23-46)11-13-26)24-52-38-42-43-44-45(38)29-18-20-30(47)21-19-29/h4-7,10-21,31,34,37,46-47H,1-3,8-9,22-24,39H2,(H,40,48)(H,41,49)/t31-,34+,37+/m1/s1. The highest BCUT2D eigenvalue weighted by Gasteiger charge is 2.32. The van der Waals surface area contributed by atoms with Gasteiger partial charge in [0.2, 0.25) is 17.0 Å². The number of nitrogen functional groups attached to an aromatic ring is 1. The number of aliphatic hydroxyl groups excluding tert-OH is 1. The zero-order valence-electron chi connectivity index (χ0n) is 28.4. The van der Waals surface area contributed by atoms with Crippen LogP contribution in [0, 0.1) is 0 Å². The van der Waals surface area contributed by atoms with E-state index in [-0.39, 0.29) is 36.4 Å². The molecule has 0 radical (unpaired) electrons. The van der Waals surface area contributed by atoms with Crippen LogP contribution in [-0.2, 0) is 25.7 Å². The number of nitrogens with one attached hydrogen (secondary N) is 2. The number of benzene rings is 4. The fourth-order valence-corrected chi connectivity index (χ4v) is 6.64. The van der Waals surface area contributed by atoms with Crippen LogP contribution in [-0.4, -0.2) is 54.1 Å². The number of tetrazole rings is 1. The summed E-state index contributed by atoms with van der Waals surface area (Å²) in [7, 11) is 0. The quantitative estimate of drug-likeness (QED) is 0.0463. The number of para-hydroxylation sites is 2. The van der Waals surface area contributed by atoms with Gasteiger partial charge in [-0.25, -0.2) is 0 Å². The molecular formula is C38H41N7O6S. The zero-order chi connectivity index (χ0) is 36.3. The molecule has 0 unspecified atom stereocenters. The van der Waals surface area contributed by atoms with E-state index >= 15 is 0 Å². The predicted molar refractivity (Wildman–Crippen MR) is 198 cm³/mol. The molecule has 13 nitrogen and oxygen atoms in total. The second kappa shape index (κ2) is 17.8. The summed E-state index contributed by atoms with van der Waals surface area (Å²) in [5, 5.41) is 37.7. The molecule has 0 spiro atoms. The van der Waals surface area contributed by atoms with Crippen molar-refractivity contribution < 1.29 is 29.3 Å². The molecule has 1 fully saturated rings. The van der Waals surface area contributed by atoms with E-state index in [1.165, 1.54) is 11.8 Å². The first kappa shape index (κ1) is 36.5. The van der Waals surface area contributed by atoms with Crippen molar-refractivity contribution in [2.75, 3.05) is 22.1 Å². The van der Waals surface area contributed by atoms with Gasteiger partial charge in [-0.2, -0.15) is 4.68 Å². The largest absolute Gasteiger partial charge is 0.508 e. The minimum atomic E-state index is -0.671. The van der Waals surface area contributed by atoms with Crippen LogP contribution in [0.25, 0.3) is 5.69 Å². The molecule has 0 aliphatic carbocycles. The van der Waals surface area contributed by atoms with Gasteiger partial charge in [-0.15, -0.1) is 5.10 Å². The smallest absolute Gasteiger partial charge is 0.224 e. The zero-order valence-corrected chi connectivity index (χ0v) is 29.2. The Morgan fingerprint density at radius 3 is 2.25 bits per heavy atom. The monoisotopic (exact) mass is 723 g/mol. The molecule has 2 amide bonds. The van der Waals surface area contributed by atoms with E-state index < -0.39 is 6.29 Å². The normalized spacial score (nSPS) is 17.1. The number of carbonyl (C=O) groups excluding carboxylic acids is 2. The highest BCUT2D eigenvalue weighted by Crippen LogP contribution is 2.39. The number of rotatable bonds is 15. The van der Waals surface area contributed by atoms with Gasteiger partial charge in [-0.05, 0) is 82.9 Å². The molecule has 1 aliphatic heterocycles. The van der Waals surface area contributed by atoms with Crippen LogP contribution < -0.4 is 16.4 Å². The Kier molecular flexibility index (Phi) is 12.5. The lowest BCUT2D eigenvalue weighted by atomic mass is 10.0. The van der Waals surface area contributed by atoms with Crippen molar-refractivity contribution in [1.29, 1.82) is 0 Å². The molecule has 1 aromatic heterocycles. The lowest BCUT2D eigenvalue weighted by Crippen LogP contribution is -2.31. The van der Waals surface area contributed by atoms with Gasteiger partial charge < -0.3 is 36.1 Å². The van der Waals surface area contributed by atoms with Crippen molar-refractivity contribution in [1.82, 2.24) is 20.2 Å².